The van der Waals surface area contributed by atoms with Gasteiger partial charge in [0.2, 0.25) is 11.6 Å². The number of hydrogen-bond donors (Lipinski definition) is 2. The molecule has 6 nitrogen and oxygen atoms in total. The van der Waals surface area contributed by atoms with E-state index in [0.29, 0.717) is 22.4 Å². The minimum absolute atomic E-state index is 0.315. The number of nitrogens with two attached hydrogens (primary N) is 1. The van der Waals surface area contributed by atoms with Crippen LogP contribution in [0.15, 0.2) is 30.6 Å². The van der Waals surface area contributed by atoms with Crippen LogP contribution in [0.25, 0.3) is 5.65 Å². The second-order valence-electron chi connectivity index (χ2n) is 4.14. The molecule has 0 aliphatic carbocycles. The van der Waals surface area contributed by atoms with E-state index in [9.17, 15) is 0 Å². The van der Waals surface area contributed by atoms with Gasteiger partial charge in [-0.3, -0.25) is 4.40 Å². The molecule has 0 saturated heterocycles. The Morgan fingerprint density at radius 2 is 2.16 bits per heavy atom. The fraction of sp³-hybridized carbons (Fsp3) is 0.0833. The maximum atomic E-state index is 6.18. The predicted molar refractivity (Wildman–Crippen MR) is 74.7 cm³/mol. The van der Waals surface area contributed by atoms with Gasteiger partial charge in [0.1, 0.15) is 0 Å². The fourth-order valence-electron chi connectivity index (χ4n) is 1.78. The maximum absolute atomic E-state index is 6.18. The SMILES string of the molecule is Cc1ccc(Nc2nccn3c(N)nnc23)c(Cl)c1. The molecule has 3 aromatic rings. The van der Waals surface area contributed by atoms with E-state index in [1.165, 1.54) is 0 Å². The highest BCUT2D eigenvalue weighted by atomic mass is 35.5. The molecule has 7 heteroatoms. The lowest BCUT2D eigenvalue weighted by Gasteiger charge is -2.08. The van der Waals surface area contributed by atoms with Crippen LogP contribution >= 0.6 is 11.6 Å². The summed E-state index contributed by atoms with van der Waals surface area (Å²) in [6.07, 6.45) is 3.32. The summed E-state index contributed by atoms with van der Waals surface area (Å²) >= 11 is 6.18. The normalized spacial score (nSPS) is 10.8. The first-order valence-corrected chi connectivity index (χ1v) is 6.01. The largest absolute Gasteiger partial charge is 0.368 e. The molecule has 2 heterocycles. The Kier molecular flexibility index (Phi) is 2.72. The zero-order valence-electron chi connectivity index (χ0n) is 10.1. The molecule has 0 spiro atoms. The summed E-state index contributed by atoms with van der Waals surface area (Å²) < 4.78 is 1.65. The molecular formula is C12H11ClN6. The third-order valence-electron chi connectivity index (χ3n) is 2.73. The van der Waals surface area contributed by atoms with Gasteiger partial charge in [0.15, 0.2) is 5.82 Å². The van der Waals surface area contributed by atoms with Gasteiger partial charge >= 0.3 is 0 Å². The van der Waals surface area contributed by atoms with E-state index >= 15 is 0 Å². The molecule has 0 atom stereocenters. The number of fused-ring (bicyclic) bond motifs is 1. The van der Waals surface area contributed by atoms with Gasteiger partial charge in [0, 0.05) is 12.4 Å². The third kappa shape index (κ3) is 2.06. The summed E-state index contributed by atoms with van der Waals surface area (Å²) in [5.41, 5.74) is 8.10. The first kappa shape index (κ1) is 11.7. The van der Waals surface area contributed by atoms with Gasteiger partial charge in [-0.25, -0.2) is 4.98 Å². The summed E-state index contributed by atoms with van der Waals surface area (Å²) in [4.78, 5) is 4.23. The Hall–Kier alpha value is -2.34. The Labute approximate surface area is 114 Å². The summed E-state index contributed by atoms with van der Waals surface area (Å²) in [5.74, 6) is 0.868. The van der Waals surface area contributed by atoms with E-state index in [1.807, 2.05) is 25.1 Å². The first-order valence-electron chi connectivity index (χ1n) is 5.63. The van der Waals surface area contributed by atoms with Crippen molar-refractivity contribution < 1.29 is 0 Å². The Morgan fingerprint density at radius 3 is 2.95 bits per heavy atom. The van der Waals surface area contributed by atoms with Crippen molar-refractivity contribution in [2.45, 2.75) is 6.92 Å². The molecule has 3 N–H and O–H groups in total. The standard InChI is InChI=1S/C12H11ClN6/c1-7-2-3-9(8(13)6-7)16-10-11-17-18-12(14)19(11)5-4-15-10/h2-6H,1H3,(H2,14,18)(H,15,16). The van der Waals surface area contributed by atoms with Gasteiger partial charge in [-0.2, -0.15) is 0 Å². The number of aryl methyl sites for hydroxylation is 1. The van der Waals surface area contributed by atoms with Crippen molar-refractivity contribution in [3.8, 4) is 0 Å². The number of anilines is 3. The minimum Gasteiger partial charge on any atom is -0.368 e. The van der Waals surface area contributed by atoms with Gasteiger partial charge in [0.25, 0.3) is 0 Å². The molecular weight excluding hydrogens is 264 g/mol. The van der Waals surface area contributed by atoms with Crippen LogP contribution in [-0.2, 0) is 0 Å². The number of hydrogen-bond acceptors (Lipinski definition) is 5. The molecule has 0 bridgehead atoms. The Balaban J connectivity index is 2.06. The summed E-state index contributed by atoms with van der Waals surface area (Å²) in [6, 6.07) is 5.73. The third-order valence-corrected chi connectivity index (χ3v) is 3.04. The lowest BCUT2D eigenvalue weighted by atomic mass is 10.2. The lowest BCUT2D eigenvalue weighted by Crippen LogP contribution is -2.00. The molecule has 19 heavy (non-hydrogen) atoms. The molecule has 96 valence electrons. The van der Waals surface area contributed by atoms with E-state index in [-0.39, 0.29) is 0 Å². The van der Waals surface area contributed by atoms with Crippen LogP contribution in [0, 0.1) is 6.92 Å². The van der Waals surface area contributed by atoms with Crippen LogP contribution in [0.2, 0.25) is 5.02 Å². The minimum atomic E-state index is 0.315. The fourth-order valence-corrected chi connectivity index (χ4v) is 2.06. The summed E-state index contributed by atoms with van der Waals surface area (Å²) in [5, 5.41) is 11.5. The highest BCUT2D eigenvalue weighted by Crippen LogP contribution is 2.27. The zero-order chi connectivity index (χ0) is 13.4. The Morgan fingerprint density at radius 1 is 1.32 bits per heavy atom. The molecule has 0 radical (unpaired) electrons. The quantitative estimate of drug-likeness (QED) is 0.750. The van der Waals surface area contributed by atoms with E-state index in [1.54, 1.807) is 16.8 Å². The molecule has 1 aromatic carbocycles. The number of benzene rings is 1. The van der Waals surface area contributed by atoms with Crippen LogP contribution in [0.4, 0.5) is 17.5 Å². The van der Waals surface area contributed by atoms with Crippen molar-refractivity contribution >= 4 is 34.7 Å². The molecule has 3 rings (SSSR count). The topological polar surface area (TPSA) is 81.1 Å². The van der Waals surface area contributed by atoms with Crippen molar-refractivity contribution in [2.24, 2.45) is 0 Å². The molecule has 2 aromatic heterocycles. The van der Waals surface area contributed by atoms with Crippen LogP contribution in [0.1, 0.15) is 5.56 Å². The molecule has 0 unspecified atom stereocenters. The number of nitrogen functional groups attached to an aromatic ring is 1. The monoisotopic (exact) mass is 274 g/mol. The number of rotatable bonds is 2. The zero-order valence-corrected chi connectivity index (χ0v) is 10.9. The maximum Gasteiger partial charge on any atom is 0.226 e. The van der Waals surface area contributed by atoms with E-state index in [2.05, 4.69) is 20.5 Å². The molecule has 0 amide bonds. The van der Waals surface area contributed by atoms with Crippen molar-refractivity contribution in [1.82, 2.24) is 19.6 Å². The average molecular weight is 275 g/mol. The van der Waals surface area contributed by atoms with Crippen molar-refractivity contribution in [1.29, 1.82) is 0 Å². The highest BCUT2D eigenvalue weighted by molar-refractivity contribution is 6.33. The lowest BCUT2D eigenvalue weighted by molar-refractivity contribution is 1.12. The van der Waals surface area contributed by atoms with Crippen LogP contribution in [-0.4, -0.2) is 19.6 Å². The van der Waals surface area contributed by atoms with E-state index < -0.39 is 0 Å². The van der Waals surface area contributed by atoms with Gasteiger partial charge in [-0.1, -0.05) is 17.7 Å². The van der Waals surface area contributed by atoms with Crippen molar-refractivity contribution in [3.05, 3.63) is 41.2 Å². The predicted octanol–water partition coefficient (Wildman–Crippen LogP) is 2.41. The van der Waals surface area contributed by atoms with Gasteiger partial charge < -0.3 is 11.1 Å². The number of nitrogens with one attached hydrogen (secondary N) is 1. The summed E-state index contributed by atoms with van der Waals surface area (Å²) in [7, 11) is 0. The van der Waals surface area contributed by atoms with Crippen molar-refractivity contribution in [2.75, 3.05) is 11.1 Å². The molecule has 0 aliphatic rings. The smallest absolute Gasteiger partial charge is 0.226 e. The molecule has 0 saturated carbocycles. The van der Waals surface area contributed by atoms with E-state index in [0.717, 1.165) is 11.3 Å². The van der Waals surface area contributed by atoms with Gasteiger partial charge in [-0.05, 0) is 24.6 Å². The van der Waals surface area contributed by atoms with Crippen LogP contribution in [0.3, 0.4) is 0 Å². The molecule has 0 aliphatic heterocycles. The number of halogens is 1. The van der Waals surface area contributed by atoms with Crippen LogP contribution in [0.5, 0.6) is 0 Å². The van der Waals surface area contributed by atoms with Crippen molar-refractivity contribution in [3.63, 3.8) is 0 Å². The van der Waals surface area contributed by atoms with Gasteiger partial charge in [-0.15, -0.1) is 10.2 Å². The first-order chi connectivity index (χ1) is 9.15. The van der Waals surface area contributed by atoms with Gasteiger partial charge in [0.05, 0.1) is 10.7 Å². The van der Waals surface area contributed by atoms with E-state index in [4.69, 9.17) is 17.3 Å². The highest BCUT2D eigenvalue weighted by Gasteiger charge is 2.09. The second kappa shape index (κ2) is 4.40. The Bertz CT molecular complexity index is 751. The number of nitrogens with zero attached hydrogens (tertiary/aromatic N) is 4. The summed E-state index contributed by atoms with van der Waals surface area (Å²) in [6.45, 7) is 1.98. The second-order valence-corrected chi connectivity index (χ2v) is 4.54. The van der Waals surface area contributed by atoms with Crippen LogP contribution < -0.4 is 11.1 Å². The number of aromatic nitrogens is 4. The molecule has 0 fully saturated rings. The average Bonchev–Trinajstić information content (AvgIpc) is 2.76.